The van der Waals surface area contributed by atoms with Gasteiger partial charge in [0.1, 0.15) is 0 Å². The Balaban J connectivity index is 2.76. The van der Waals surface area contributed by atoms with E-state index in [2.05, 4.69) is 41.7 Å². The van der Waals surface area contributed by atoms with E-state index in [1.165, 1.54) is 5.56 Å². The molecule has 20 heavy (non-hydrogen) atoms. The van der Waals surface area contributed by atoms with E-state index in [1.54, 1.807) is 7.11 Å². The third-order valence-electron chi connectivity index (χ3n) is 3.01. The number of rotatable bonds is 10. The Morgan fingerprint density at radius 3 is 2.95 bits per heavy atom. The maximum Gasteiger partial charge on any atom is 0.0637 e. The van der Waals surface area contributed by atoms with E-state index in [-0.39, 0.29) is 0 Å². The highest BCUT2D eigenvalue weighted by Crippen LogP contribution is 2.19. The zero-order chi connectivity index (χ0) is 14.8. The van der Waals surface area contributed by atoms with Gasteiger partial charge in [0.2, 0.25) is 0 Å². The number of nitrogens with zero attached hydrogens (tertiary/aromatic N) is 2. The average molecular weight is 277 g/mol. The molecule has 0 aliphatic heterocycles. The van der Waals surface area contributed by atoms with Crippen LogP contribution in [0.15, 0.2) is 31.1 Å². The molecule has 0 saturated carbocycles. The summed E-state index contributed by atoms with van der Waals surface area (Å²) in [7, 11) is 1.72. The van der Waals surface area contributed by atoms with Crippen molar-refractivity contribution in [3.05, 3.63) is 36.7 Å². The van der Waals surface area contributed by atoms with Gasteiger partial charge in [-0.2, -0.15) is 0 Å². The normalized spacial score (nSPS) is 10.8. The lowest BCUT2D eigenvalue weighted by atomic mass is 10.2. The highest BCUT2D eigenvalue weighted by atomic mass is 16.5. The van der Waals surface area contributed by atoms with Crippen LogP contribution in [0, 0.1) is 5.92 Å². The first kappa shape index (κ1) is 16.7. The number of hydrogen-bond acceptors (Lipinski definition) is 4. The first-order valence-corrected chi connectivity index (χ1v) is 7.17. The van der Waals surface area contributed by atoms with Gasteiger partial charge < -0.3 is 15.0 Å². The Labute approximate surface area is 122 Å². The monoisotopic (exact) mass is 277 g/mol. The van der Waals surface area contributed by atoms with E-state index in [0.717, 1.165) is 31.9 Å². The number of ether oxygens (including phenoxy) is 1. The molecule has 1 rings (SSSR count). The zero-order valence-corrected chi connectivity index (χ0v) is 12.9. The van der Waals surface area contributed by atoms with Crippen LogP contribution in [0.3, 0.4) is 0 Å². The lowest BCUT2D eigenvalue weighted by Gasteiger charge is -2.25. The first-order valence-electron chi connectivity index (χ1n) is 7.17. The Kier molecular flexibility index (Phi) is 7.92. The van der Waals surface area contributed by atoms with Gasteiger partial charge in [0.25, 0.3) is 0 Å². The average Bonchev–Trinajstić information content (AvgIpc) is 2.44. The Morgan fingerprint density at radius 2 is 2.30 bits per heavy atom. The van der Waals surface area contributed by atoms with Crippen LogP contribution in [-0.2, 0) is 11.3 Å². The summed E-state index contributed by atoms with van der Waals surface area (Å²) >= 11 is 0. The molecule has 0 atom stereocenters. The minimum Gasteiger partial charge on any atom is -0.383 e. The minimum absolute atomic E-state index is 0.651. The standard InChI is InChI=1S/C16H27N3O/c1-5-8-19(9-10-20-4)16-13-17-7-6-15(16)12-18-11-14(2)3/h5-7,13-14,18H,1,8-12H2,2-4H3. The summed E-state index contributed by atoms with van der Waals surface area (Å²) in [6, 6.07) is 2.07. The van der Waals surface area contributed by atoms with Gasteiger partial charge in [-0.25, -0.2) is 0 Å². The van der Waals surface area contributed by atoms with E-state index in [9.17, 15) is 0 Å². The molecule has 0 radical (unpaired) electrons. The van der Waals surface area contributed by atoms with E-state index in [0.29, 0.717) is 12.5 Å². The topological polar surface area (TPSA) is 37.4 Å². The van der Waals surface area contributed by atoms with Crippen molar-refractivity contribution in [2.45, 2.75) is 20.4 Å². The molecule has 4 heteroatoms. The highest BCUT2D eigenvalue weighted by molar-refractivity contribution is 5.52. The van der Waals surface area contributed by atoms with Crippen molar-refractivity contribution < 1.29 is 4.74 Å². The summed E-state index contributed by atoms with van der Waals surface area (Å²) in [5.74, 6) is 0.651. The molecule has 0 spiro atoms. The van der Waals surface area contributed by atoms with Crippen LogP contribution in [0.4, 0.5) is 5.69 Å². The fraction of sp³-hybridized carbons (Fsp3) is 0.562. The molecule has 112 valence electrons. The quantitative estimate of drug-likeness (QED) is 0.667. The van der Waals surface area contributed by atoms with Crippen LogP contribution in [0.1, 0.15) is 19.4 Å². The largest absolute Gasteiger partial charge is 0.383 e. The van der Waals surface area contributed by atoms with Crippen molar-refractivity contribution in [1.29, 1.82) is 0 Å². The van der Waals surface area contributed by atoms with E-state index >= 15 is 0 Å². The molecule has 0 unspecified atom stereocenters. The first-order chi connectivity index (χ1) is 9.69. The van der Waals surface area contributed by atoms with E-state index in [1.807, 2.05) is 18.5 Å². The van der Waals surface area contributed by atoms with Crippen molar-refractivity contribution in [2.75, 3.05) is 38.3 Å². The zero-order valence-electron chi connectivity index (χ0n) is 12.9. The summed E-state index contributed by atoms with van der Waals surface area (Å²) < 4.78 is 5.18. The molecule has 1 aromatic rings. The summed E-state index contributed by atoms with van der Waals surface area (Å²) in [4.78, 5) is 6.50. The maximum absolute atomic E-state index is 5.18. The fourth-order valence-corrected chi connectivity index (χ4v) is 2.01. The number of pyridine rings is 1. The van der Waals surface area contributed by atoms with Gasteiger partial charge in [0, 0.05) is 32.9 Å². The van der Waals surface area contributed by atoms with Crippen LogP contribution in [0.5, 0.6) is 0 Å². The maximum atomic E-state index is 5.18. The van der Waals surface area contributed by atoms with Gasteiger partial charge in [-0.05, 0) is 24.1 Å². The molecule has 0 saturated heterocycles. The second kappa shape index (κ2) is 9.50. The summed E-state index contributed by atoms with van der Waals surface area (Å²) in [6.07, 6.45) is 5.68. The molecule has 0 bridgehead atoms. The molecule has 1 aromatic heterocycles. The second-order valence-corrected chi connectivity index (χ2v) is 5.26. The molecular weight excluding hydrogens is 250 g/mol. The number of nitrogens with one attached hydrogen (secondary N) is 1. The van der Waals surface area contributed by atoms with Crippen LogP contribution >= 0.6 is 0 Å². The number of aromatic nitrogens is 1. The van der Waals surface area contributed by atoms with Gasteiger partial charge in [0.05, 0.1) is 18.5 Å². The molecule has 1 heterocycles. The molecule has 1 N–H and O–H groups in total. The van der Waals surface area contributed by atoms with Crippen molar-refractivity contribution in [3.63, 3.8) is 0 Å². The van der Waals surface area contributed by atoms with Crippen LogP contribution < -0.4 is 10.2 Å². The lowest BCUT2D eigenvalue weighted by molar-refractivity contribution is 0.205. The molecular formula is C16H27N3O. The Bertz CT molecular complexity index is 393. The van der Waals surface area contributed by atoms with Crippen molar-refractivity contribution in [1.82, 2.24) is 10.3 Å². The predicted octanol–water partition coefficient (Wildman–Crippen LogP) is 2.47. The van der Waals surface area contributed by atoms with Crippen LogP contribution in [0.2, 0.25) is 0 Å². The number of hydrogen-bond donors (Lipinski definition) is 1. The predicted molar refractivity (Wildman–Crippen MR) is 85.1 cm³/mol. The summed E-state index contributed by atoms with van der Waals surface area (Å²) in [5, 5.41) is 3.48. The highest BCUT2D eigenvalue weighted by Gasteiger charge is 2.10. The van der Waals surface area contributed by atoms with Gasteiger partial charge >= 0.3 is 0 Å². The second-order valence-electron chi connectivity index (χ2n) is 5.26. The molecule has 0 aliphatic carbocycles. The number of anilines is 1. The molecule has 0 aromatic carbocycles. The SMILES string of the molecule is C=CCN(CCOC)c1cnccc1CNCC(C)C. The summed E-state index contributed by atoms with van der Waals surface area (Å²) in [6.45, 7) is 12.5. The molecule has 0 amide bonds. The smallest absolute Gasteiger partial charge is 0.0637 e. The Hall–Kier alpha value is -1.39. The van der Waals surface area contributed by atoms with Crippen LogP contribution in [0.25, 0.3) is 0 Å². The van der Waals surface area contributed by atoms with Crippen molar-refractivity contribution in [2.24, 2.45) is 5.92 Å². The molecule has 0 aliphatic rings. The molecule has 0 fully saturated rings. The van der Waals surface area contributed by atoms with Crippen molar-refractivity contribution in [3.8, 4) is 0 Å². The van der Waals surface area contributed by atoms with Gasteiger partial charge in [-0.15, -0.1) is 6.58 Å². The fourth-order valence-electron chi connectivity index (χ4n) is 2.01. The number of methoxy groups -OCH3 is 1. The minimum atomic E-state index is 0.651. The van der Waals surface area contributed by atoms with E-state index < -0.39 is 0 Å². The third-order valence-corrected chi connectivity index (χ3v) is 3.01. The molecule has 4 nitrogen and oxygen atoms in total. The van der Waals surface area contributed by atoms with Gasteiger partial charge in [-0.1, -0.05) is 19.9 Å². The van der Waals surface area contributed by atoms with E-state index in [4.69, 9.17) is 4.74 Å². The van der Waals surface area contributed by atoms with Crippen LogP contribution in [-0.4, -0.2) is 38.3 Å². The Morgan fingerprint density at radius 1 is 1.50 bits per heavy atom. The van der Waals surface area contributed by atoms with Gasteiger partial charge in [-0.3, -0.25) is 4.98 Å². The lowest BCUT2D eigenvalue weighted by Crippen LogP contribution is -2.29. The van der Waals surface area contributed by atoms with Gasteiger partial charge in [0.15, 0.2) is 0 Å². The van der Waals surface area contributed by atoms with Crippen molar-refractivity contribution >= 4 is 5.69 Å². The summed E-state index contributed by atoms with van der Waals surface area (Å²) in [5.41, 5.74) is 2.42. The third kappa shape index (κ3) is 5.72.